The van der Waals surface area contributed by atoms with Crippen molar-refractivity contribution in [3.05, 3.63) is 34.9 Å². The fourth-order valence-electron chi connectivity index (χ4n) is 1.95. The Kier molecular flexibility index (Phi) is 4.37. The number of nitrogens with one attached hydrogen (secondary N) is 1. The SMILES string of the molecule is O=C(Cc1nc(CC2=CCOCC2)no1)Nc1nccs1. The van der Waals surface area contributed by atoms with Crippen LogP contribution in [-0.4, -0.2) is 34.2 Å². The summed E-state index contributed by atoms with van der Waals surface area (Å²) in [6, 6.07) is 0. The predicted octanol–water partition coefficient (Wildman–Crippen LogP) is 1.60. The zero-order chi connectivity index (χ0) is 14.5. The Bertz CT molecular complexity index is 636. The largest absolute Gasteiger partial charge is 0.377 e. The summed E-state index contributed by atoms with van der Waals surface area (Å²) < 4.78 is 10.3. The highest BCUT2D eigenvalue weighted by Gasteiger charge is 2.14. The first-order chi connectivity index (χ1) is 10.3. The van der Waals surface area contributed by atoms with Gasteiger partial charge in [-0.15, -0.1) is 11.3 Å². The molecular weight excluding hydrogens is 292 g/mol. The Morgan fingerprint density at radius 3 is 3.19 bits per heavy atom. The molecule has 0 aliphatic carbocycles. The van der Waals surface area contributed by atoms with Gasteiger partial charge in [0.05, 0.1) is 13.2 Å². The number of anilines is 1. The third-order valence-corrected chi connectivity index (χ3v) is 3.63. The van der Waals surface area contributed by atoms with Gasteiger partial charge in [0.2, 0.25) is 11.8 Å². The van der Waals surface area contributed by atoms with E-state index in [1.165, 1.54) is 16.9 Å². The Morgan fingerprint density at radius 2 is 2.43 bits per heavy atom. The molecule has 0 unspecified atom stereocenters. The highest BCUT2D eigenvalue weighted by molar-refractivity contribution is 7.13. The molecule has 0 spiro atoms. The third kappa shape index (κ3) is 3.96. The minimum atomic E-state index is -0.217. The third-order valence-electron chi connectivity index (χ3n) is 2.94. The summed E-state index contributed by atoms with van der Waals surface area (Å²) in [5, 5.41) is 8.93. The summed E-state index contributed by atoms with van der Waals surface area (Å²) in [4.78, 5) is 20.0. The molecule has 21 heavy (non-hydrogen) atoms. The Hall–Kier alpha value is -2.06. The Balaban J connectivity index is 1.54. The number of hydrogen-bond acceptors (Lipinski definition) is 7. The van der Waals surface area contributed by atoms with Gasteiger partial charge in [0, 0.05) is 18.0 Å². The molecule has 1 aliphatic rings. The van der Waals surface area contributed by atoms with E-state index in [1.807, 2.05) is 6.08 Å². The van der Waals surface area contributed by atoms with Crippen LogP contribution in [0.4, 0.5) is 5.13 Å². The maximum absolute atomic E-state index is 11.8. The first kappa shape index (κ1) is 13.9. The number of carbonyl (C=O) groups is 1. The van der Waals surface area contributed by atoms with Crippen LogP contribution in [0.3, 0.4) is 0 Å². The molecule has 7 nitrogen and oxygen atoms in total. The van der Waals surface area contributed by atoms with Crippen LogP contribution in [0.15, 0.2) is 27.7 Å². The van der Waals surface area contributed by atoms with Crippen LogP contribution in [0.1, 0.15) is 18.1 Å². The second-order valence-corrected chi connectivity index (χ2v) is 5.43. The molecule has 3 heterocycles. The van der Waals surface area contributed by atoms with E-state index in [-0.39, 0.29) is 12.3 Å². The number of aromatic nitrogens is 3. The minimum absolute atomic E-state index is 0.0503. The normalized spacial score (nSPS) is 14.8. The van der Waals surface area contributed by atoms with Crippen LogP contribution in [0, 0.1) is 0 Å². The topological polar surface area (TPSA) is 90.1 Å². The summed E-state index contributed by atoms with van der Waals surface area (Å²) in [5.41, 5.74) is 1.24. The lowest BCUT2D eigenvalue weighted by Gasteiger charge is -2.11. The molecule has 1 amide bonds. The molecular formula is C13H14N4O3S. The van der Waals surface area contributed by atoms with Crippen molar-refractivity contribution >= 4 is 22.4 Å². The first-order valence-electron chi connectivity index (χ1n) is 6.56. The number of rotatable bonds is 5. The van der Waals surface area contributed by atoms with Crippen molar-refractivity contribution in [1.29, 1.82) is 0 Å². The smallest absolute Gasteiger partial charge is 0.236 e. The van der Waals surface area contributed by atoms with Gasteiger partial charge in [-0.2, -0.15) is 4.98 Å². The second-order valence-electron chi connectivity index (χ2n) is 4.53. The molecule has 0 radical (unpaired) electrons. The highest BCUT2D eigenvalue weighted by atomic mass is 32.1. The summed E-state index contributed by atoms with van der Waals surface area (Å²) in [7, 11) is 0. The van der Waals surface area contributed by atoms with Crippen LogP contribution < -0.4 is 5.32 Å². The Morgan fingerprint density at radius 1 is 1.48 bits per heavy atom. The highest BCUT2D eigenvalue weighted by Crippen LogP contribution is 2.14. The molecule has 0 fully saturated rings. The number of hydrogen-bond donors (Lipinski definition) is 1. The molecule has 2 aromatic rings. The van der Waals surface area contributed by atoms with E-state index in [9.17, 15) is 4.79 Å². The van der Waals surface area contributed by atoms with Crippen LogP contribution in [-0.2, 0) is 22.4 Å². The number of carbonyl (C=O) groups excluding carboxylic acids is 1. The molecule has 0 aromatic carbocycles. The fraction of sp³-hybridized carbons (Fsp3) is 0.385. The van der Waals surface area contributed by atoms with Gasteiger partial charge in [0.15, 0.2) is 11.0 Å². The van der Waals surface area contributed by atoms with Crippen molar-refractivity contribution in [2.24, 2.45) is 0 Å². The zero-order valence-electron chi connectivity index (χ0n) is 11.2. The van der Waals surface area contributed by atoms with E-state index in [4.69, 9.17) is 9.26 Å². The first-order valence-corrected chi connectivity index (χ1v) is 7.44. The second kappa shape index (κ2) is 6.59. The van der Waals surface area contributed by atoms with Crippen LogP contribution in [0.2, 0.25) is 0 Å². The number of amides is 1. The molecule has 8 heteroatoms. The summed E-state index contributed by atoms with van der Waals surface area (Å²) in [6.45, 7) is 1.36. The molecule has 0 bridgehead atoms. The van der Waals surface area contributed by atoms with Gasteiger partial charge < -0.3 is 14.6 Å². The van der Waals surface area contributed by atoms with Gasteiger partial charge in [-0.05, 0) is 6.42 Å². The van der Waals surface area contributed by atoms with Gasteiger partial charge >= 0.3 is 0 Å². The standard InChI is InChI=1S/C13H14N4O3S/c18-11(16-13-14-3-6-21-13)8-12-15-10(17-20-12)7-9-1-4-19-5-2-9/h1,3,6H,2,4-5,7-8H2,(H,14,16,18). The summed E-state index contributed by atoms with van der Waals surface area (Å²) in [5.74, 6) is 0.692. The molecule has 0 saturated carbocycles. The molecule has 0 saturated heterocycles. The van der Waals surface area contributed by atoms with Gasteiger partial charge in [0.1, 0.15) is 6.42 Å². The minimum Gasteiger partial charge on any atom is -0.377 e. The van der Waals surface area contributed by atoms with E-state index in [2.05, 4.69) is 20.4 Å². The van der Waals surface area contributed by atoms with Crippen molar-refractivity contribution in [1.82, 2.24) is 15.1 Å². The molecule has 2 aromatic heterocycles. The van der Waals surface area contributed by atoms with Crippen molar-refractivity contribution in [3.8, 4) is 0 Å². The van der Waals surface area contributed by atoms with E-state index in [0.29, 0.717) is 29.9 Å². The van der Waals surface area contributed by atoms with Gasteiger partial charge in [-0.25, -0.2) is 4.98 Å². The monoisotopic (exact) mass is 306 g/mol. The van der Waals surface area contributed by atoms with Gasteiger partial charge in [-0.3, -0.25) is 4.79 Å². The van der Waals surface area contributed by atoms with Crippen LogP contribution in [0.25, 0.3) is 0 Å². The van der Waals surface area contributed by atoms with Gasteiger partial charge in [-0.1, -0.05) is 16.8 Å². The number of ether oxygens (including phenoxy) is 1. The van der Waals surface area contributed by atoms with Gasteiger partial charge in [0.25, 0.3) is 0 Å². The zero-order valence-corrected chi connectivity index (χ0v) is 12.1. The van der Waals surface area contributed by atoms with E-state index in [0.717, 1.165) is 13.0 Å². The van der Waals surface area contributed by atoms with E-state index in [1.54, 1.807) is 11.6 Å². The average Bonchev–Trinajstić information content (AvgIpc) is 3.12. The van der Waals surface area contributed by atoms with E-state index >= 15 is 0 Å². The Labute approximate surface area is 125 Å². The molecule has 3 rings (SSSR count). The molecule has 1 aliphatic heterocycles. The number of nitrogens with zero attached hydrogens (tertiary/aromatic N) is 3. The summed E-state index contributed by atoms with van der Waals surface area (Å²) in [6.07, 6.45) is 5.24. The molecule has 1 N–H and O–H groups in total. The predicted molar refractivity (Wildman–Crippen MR) is 76.0 cm³/mol. The van der Waals surface area contributed by atoms with E-state index < -0.39 is 0 Å². The lowest BCUT2D eigenvalue weighted by Crippen LogP contribution is -2.14. The maximum Gasteiger partial charge on any atom is 0.236 e. The molecule has 0 atom stereocenters. The lowest BCUT2D eigenvalue weighted by atomic mass is 10.1. The quantitative estimate of drug-likeness (QED) is 0.844. The van der Waals surface area contributed by atoms with Crippen molar-refractivity contribution in [2.45, 2.75) is 19.3 Å². The molecule has 110 valence electrons. The fourth-order valence-corrected chi connectivity index (χ4v) is 2.49. The average molecular weight is 306 g/mol. The van der Waals surface area contributed by atoms with Crippen molar-refractivity contribution < 1.29 is 14.1 Å². The van der Waals surface area contributed by atoms with Crippen LogP contribution >= 0.6 is 11.3 Å². The van der Waals surface area contributed by atoms with Crippen molar-refractivity contribution in [2.75, 3.05) is 18.5 Å². The summed E-state index contributed by atoms with van der Waals surface area (Å²) >= 11 is 1.36. The lowest BCUT2D eigenvalue weighted by molar-refractivity contribution is -0.115. The number of thiazole rings is 1. The van der Waals surface area contributed by atoms with Crippen LogP contribution in [0.5, 0.6) is 0 Å². The maximum atomic E-state index is 11.8. The van der Waals surface area contributed by atoms with Crippen molar-refractivity contribution in [3.63, 3.8) is 0 Å².